The molecule has 15 heavy (non-hydrogen) atoms. The van der Waals surface area contributed by atoms with E-state index in [0.717, 1.165) is 18.1 Å². The molecule has 84 valence electrons. The van der Waals surface area contributed by atoms with E-state index >= 15 is 0 Å². The van der Waals surface area contributed by atoms with E-state index in [1.165, 1.54) is 19.3 Å². The van der Waals surface area contributed by atoms with Gasteiger partial charge in [-0.05, 0) is 50.8 Å². The van der Waals surface area contributed by atoms with Gasteiger partial charge in [-0.25, -0.2) is 0 Å². The third kappa shape index (κ3) is 1.83. The lowest BCUT2D eigenvalue weighted by molar-refractivity contribution is 0.149. The predicted octanol–water partition coefficient (Wildman–Crippen LogP) is 3.21. The number of nitrogens with one attached hydrogen (secondary N) is 1. The van der Waals surface area contributed by atoms with Crippen molar-refractivity contribution in [3.8, 4) is 0 Å². The van der Waals surface area contributed by atoms with Gasteiger partial charge < -0.3 is 9.73 Å². The maximum atomic E-state index is 5.83. The minimum atomic E-state index is 0.0759. The molecule has 1 fully saturated rings. The summed E-state index contributed by atoms with van der Waals surface area (Å²) in [5, 5.41) is 3.67. The molecule has 0 radical (unpaired) electrons. The molecule has 1 aliphatic heterocycles. The van der Waals surface area contributed by atoms with Gasteiger partial charge in [-0.1, -0.05) is 13.8 Å². The Morgan fingerprint density at radius 3 is 2.60 bits per heavy atom. The molecule has 2 nitrogen and oxygen atoms in total. The van der Waals surface area contributed by atoms with E-state index in [9.17, 15) is 0 Å². The number of hydrogen-bond acceptors (Lipinski definition) is 2. The van der Waals surface area contributed by atoms with Crippen LogP contribution < -0.4 is 5.32 Å². The van der Waals surface area contributed by atoms with Gasteiger partial charge in [-0.2, -0.15) is 0 Å². The number of aryl methyl sites for hydroxylation is 1. The molecule has 0 aromatic carbocycles. The Balaban J connectivity index is 2.33. The summed E-state index contributed by atoms with van der Waals surface area (Å²) in [5.41, 5.74) is 0.0759. The second kappa shape index (κ2) is 4.01. The Hall–Kier alpha value is -0.760. The monoisotopic (exact) mass is 207 g/mol. The van der Waals surface area contributed by atoms with E-state index in [4.69, 9.17) is 4.42 Å². The Morgan fingerprint density at radius 1 is 1.33 bits per heavy atom. The summed E-state index contributed by atoms with van der Waals surface area (Å²) in [6.07, 6.45) is 3.77. The van der Waals surface area contributed by atoms with E-state index in [-0.39, 0.29) is 5.54 Å². The van der Waals surface area contributed by atoms with Crippen molar-refractivity contribution in [2.75, 3.05) is 6.54 Å². The molecule has 0 bridgehead atoms. The van der Waals surface area contributed by atoms with Gasteiger partial charge in [-0.3, -0.25) is 0 Å². The van der Waals surface area contributed by atoms with Crippen LogP contribution in [0.4, 0.5) is 0 Å². The summed E-state index contributed by atoms with van der Waals surface area (Å²) in [5.74, 6) is 2.70. The zero-order valence-corrected chi connectivity index (χ0v) is 9.97. The maximum Gasteiger partial charge on any atom is 0.124 e. The summed E-state index contributed by atoms with van der Waals surface area (Å²) >= 11 is 0. The summed E-state index contributed by atoms with van der Waals surface area (Å²) in [6, 6.07) is 4.20. The fourth-order valence-corrected chi connectivity index (χ4v) is 2.59. The summed E-state index contributed by atoms with van der Waals surface area (Å²) in [4.78, 5) is 0. The average Bonchev–Trinajstić information content (AvgIpc) is 2.66. The zero-order valence-electron chi connectivity index (χ0n) is 9.97. The second-order valence-corrected chi connectivity index (χ2v) is 4.92. The van der Waals surface area contributed by atoms with Crippen molar-refractivity contribution in [3.05, 3.63) is 23.7 Å². The molecule has 0 saturated carbocycles. The fourth-order valence-electron chi connectivity index (χ4n) is 2.59. The highest BCUT2D eigenvalue weighted by atomic mass is 16.3. The Morgan fingerprint density at radius 2 is 2.13 bits per heavy atom. The lowest BCUT2D eigenvalue weighted by Crippen LogP contribution is -2.49. The van der Waals surface area contributed by atoms with E-state index in [1.807, 2.05) is 6.92 Å². The number of furan rings is 1. The van der Waals surface area contributed by atoms with Crippen LogP contribution in [0.1, 0.15) is 44.6 Å². The van der Waals surface area contributed by atoms with Gasteiger partial charge >= 0.3 is 0 Å². The summed E-state index contributed by atoms with van der Waals surface area (Å²) < 4.78 is 5.83. The molecule has 1 atom stereocenters. The van der Waals surface area contributed by atoms with E-state index in [0.29, 0.717) is 5.92 Å². The average molecular weight is 207 g/mol. The standard InChI is InChI=1S/C13H21NO/c1-10(2)13(8-4-5-9-14-13)12-7-6-11(3)15-12/h6-7,10,14H,4-5,8-9H2,1-3H3. The maximum absolute atomic E-state index is 5.83. The van der Waals surface area contributed by atoms with Gasteiger partial charge in [0.05, 0.1) is 5.54 Å². The topological polar surface area (TPSA) is 25.2 Å². The van der Waals surface area contributed by atoms with Crippen LogP contribution >= 0.6 is 0 Å². The summed E-state index contributed by atoms with van der Waals surface area (Å²) in [7, 11) is 0. The van der Waals surface area contributed by atoms with Crippen LogP contribution in [0, 0.1) is 12.8 Å². The van der Waals surface area contributed by atoms with Crippen molar-refractivity contribution < 1.29 is 4.42 Å². The van der Waals surface area contributed by atoms with Gasteiger partial charge in [0.15, 0.2) is 0 Å². The van der Waals surface area contributed by atoms with Crippen LogP contribution in [0.15, 0.2) is 16.5 Å². The Labute approximate surface area is 92.1 Å². The molecule has 1 aromatic heterocycles. The van der Waals surface area contributed by atoms with Crippen molar-refractivity contribution in [2.45, 2.75) is 45.6 Å². The Kier molecular flexibility index (Phi) is 2.87. The molecule has 2 heterocycles. The van der Waals surface area contributed by atoms with Crippen molar-refractivity contribution in [2.24, 2.45) is 5.92 Å². The predicted molar refractivity (Wildman–Crippen MR) is 61.8 cm³/mol. The van der Waals surface area contributed by atoms with Crippen LogP contribution in [-0.4, -0.2) is 6.54 Å². The van der Waals surface area contributed by atoms with Gasteiger partial charge in [0.1, 0.15) is 11.5 Å². The van der Waals surface area contributed by atoms with Crippen LogP contribution in [0.3, 0.4) is 0 Å². The fraction of sp³-hybridized carbons (Fsp3) is 0.692. The smallest absolute Gasteiger partial charge is 0.124 e. The first-order valence-electron chi connectivity index (χ1n) is 5.97. The highest BCUT2D eigenvalue weighted by Gasteiger charge is 2.39. The van der Waals surface area contributed by atoms with Gasteiger partial charge in [0.2, 0.25) is 0 Å². The molecule has 0 amide bonds. The minimum Gasteiger partial charge on any atom is -0.464 e. The molecule has 1 aliphatic rings. The van der Waals surface area contributed by atoms with Gasteiger partial charge in [0.25, 0.3) is 0 Å². The molecule has 0 spiro atoms. The van der Waals surface area contributed by atoms with Crippen LogP contribution in [0.25, 0.3) is 0 Å². The van der Waals surface area contributed by atoms with Crippen LogP contribution in [0.5, 0.6) is 0 Å². The van der Waals surface area contributed by atoms with Crippen molar-refractivity contribution in [1.82, 2.24) is 5.32 Å². The van der Waals surface area contributed by atoms with E-state index in [2.05, 4.69) is 31.3 Å². The zero-order chi connectivity index (χ0) is 10.9. The highest BCUT2D eigenvalue weighted by Crippen LogP contribution is 2.37. The number of piperidine rings is 1. The van der Waals surface area contributed by atoms with Crippen molar-refractivity contribution >= 4 is 0 Å². The van der Waals surface area contributed by atoms with Crippen molar-refractivity contribution in [3.63, 3.8) is 0 Å². The molecule has 1 aromatic rings. The lowest BCUT2D eigenvalue weighted by atomic mass is 9.77. The first kappa shape index (κ1) is 10.7. The first-order chi connectivity index (χ1) is 7.15. The quantitative estimate of drug-likeness (QED) is 0.805. The molecular weight excluding hydrogens is 186 g/mol. The normalized spacial score (nSPS) is 27.2. The van der Waals surface area contributed by atoms with Crippen molar-refractivity contribution in [1.29, 1.82) is 0 Å². The molecule has 0 aliphatic carbocycles. The van der Waals surface area contributed by atoms with E-state index < -0.39 is 0 Å². The Bertz CT molecular complexity index is 321. The van der Waals surface area contributed by atoms with E-state index in [1.54, 1.807) is 0 Å². The molecule has 2 heteroatoms. The third-order valence-electron chi connectivity index (χ3n) is 3.60. The van der Waals surface area contributed by atoms with Gasteiger partial charge in [-0.15, -0.1) is 0 Å². The van der Waals surface area contributed by atoms with Gasteiger partial charge in [0, 0.05) is 0 Å². The number of hydrogen-bond donors (Lipinski definition) is 1. The SMILES string of the molecule is Cc1ccc(C2(C(C)C)CCCCN2)o1. The molecular formula is C13H21NO. The third-order valence-corrected chi connectivity index (χ3v) is 3.60. The number of rotatable bonds is 2. The molecule has 2 rings (SSSR count). The largest absolute Gasteiger partial charge is 0.464 e. The highest BCUT2D eigenvalue weighted by molar-refractivity contribution is 5.18. The minimum absolute atomic E-state index is 0.0759. The lowest BCUT2D eigenvalue weighted by Gasteiger charge is -2.40. The first-order valence-corrected chi connectivity index (χ1v) is 5.97. The van der Waals surface area contributed by atoms with Crippen LogP contribution in [-0.2, 0) is 5.54 Å². The second-order valence-electron chi connectivity index (χ2n) is 4.92. The molecule has 1 unspecified atom stereocenters. The van der Waals surface area contributed by atoms with Crippen LogP contribution in [0.2, 0.25) is 0 Å². The molecule has 1 N–H and O–H groups in total. The summed E-state index contributed by atoms with van der Waals surface area (Å²) in [6.45, 7) is 7.67. The molecule has 1 saturated heterocycles.